The van der Waals surface area contributed by atoms with Crippen LogP contribution >= 0.6 is 11.6 Å². The first kappa shape index (κ1) is 12.3. The zero-order valence-electron chi connectivity index (χ0n) is 9.35. The van der Waals surface area contributed by atoms with Crippen LogP contribution in [0, 0.1) is 6.92 Å². The Morgan fingerprint density at radius 1 is 1.33 bits per heavy atom. The average molecular weight is 228 g/mol. The molecule has 0 aliphatic carbocycles. The van der Waals surface area contributed by atoms with Crippen LogP contribution in [0.3, 0.4) is 0 Å². The molecule has 0 unspecified atom stereocenters. The fraction of sp³-hybridized carbons (Fsp3) is 0.500. The molecular weight excluding hydrogens is 210 g/mol. The summed E-state index contributed by atoms with van der Waals surface area (Å²) in [5.41, 5.74) is 7.68. The molecular formula is C12H18ClNO. The van der Waals surface area contributed by atoms with Crippen molar-refractivity contribution in [1.29, 1.82) is 0 Å². The van der Waals surface area contributed by atoms with E-state index in [1.165, 1.54) is 5.56 Å². The molecule has 0 atom stereocenters. The smallest absolute Gasteiger partial charge is 0.140 e. The van der Waals surface area contributed by atoms with E-state index in [1.807, 2.05) is 13.0 Å². The molecule has 0 aliphatic rings. The fourth-order valence-corrected chi connectivity index (χ4v) is 1.83. The van der Waals surface area contributed by atoms with Crippen LogP contribution in [-0.2, 0) is 6.42 Å². The Morgan fingerprint density at radius 3 is 2.67 bits per heavy atom. The molecule has 84 valence electrons. The van der Waals surface area contributed by atoms with Gasteiger partial charge in [0.05, 0.1) is 12.1 Å². The van der Waals surface area contributed by atoms with E-state index in [2.05, 4.69) is 6.07 Å². The second-order valence-corrected chi connectivity index (χ2v) is 4.01. The van der Waals surface area contributed by atoms with Gasteiger partial charge in [0.15, 0.2) is 0 Å². The highest BCUT2D eigenvalue weighted by atomic mass is 35.5. The Morgan fingerprint density at radius 2 is 2.07 bits per heavy atom. The van der Waals surface area contributed by atoms with Gasteiger partial charge in [0.2, 0.25) is 0 Å². The first-order valence-electron chi connectivity index (χ1n) is 5.22. The molecule has 3 heteroatoms. The minimum atomic E-state index is 0.725. The SMILES string of the molecule is COc1c(CCCCN)ccc(C)c1Cl. The Balaban J connectivity index is 2.83. The van der Waals surface area contributed by atoms with Crippen molar-refractivity contribution in [2.75, 3.05) is 13.7 Å². The molecule has 0 aromatic heterocycles. The van der Waals surface area contributed by atoms with Gasteiger partial charge in [-0.2, -0.15) is 0 Å². The number of rotatable bonds is 5. The lowest BCUT2D eigenvalue weighted by Gasteiger charge is -2.11. The highest BCUT2D eigenvalue weighted by Gasteiger charge is 2.09. The number of unbranched alkanes of at least 4 members (excludes halogenated alkanes) is 1. The molecule has 15 heavy (non-hydrogen) atoms. The monoisotopic (exact) mass is 227 g/mol. The van der Waals surface area contributed by atoms with Gasteiger partial charge in [-0.15, -0.1) is 0 Å². The largest absolute Gasteiger partial charge is 0.495 e. The maximum Gasteiger partial charge on any atom is 0.140 e. The van der Waals surface area contributed by atoms with Gasteiger partial charge in [0.1, 0.15) is 5.75 Å². The maximum absolute atomic E-state index is 6.16. The van der Waals surface area contributed by atoms with E-state index in [-0.39, 0.29) is 0 Å². The first-order chi connectivity index (χ1) is 7.20. The molecule has 0 saturated heterocycles. The summed E-state index contributed by atoms with van der Waals surface area (Å²) in [6, 6.07) is 4.11. The summed E-state index contributed by atoms with van der Waals surface area (Å²) in [5.74, 6) is 0.814. The second-order valence-electron chi connectivity index (χ2n) is 3.63. The molecule has 2 nitrogen and oxygen atoms in total. The van der Waals surface area contributed by atoms with Crippen molar-refractivity contribution in [3.05, 3.63) is 28.3 Å². The number of nitrogens with two attached hydrogens (primary N) is 1. The third-order valence-corrected chi connectivity index (χ3v) is 2.95. The zero-order chi connectivity index (χ0) is 11.3. The maximum atomic E-state index is 6.16. The van der Waals surface area contributed by atoms with Gasteiger partial charge >= 0.3 is 0 Å². The molecule has 0 radical (unpaired) electrons. The van der Waals surface area contributed by atoms with E-state index in [9.17, 15) is 0 Å². The topological polar surface area (TPSA) is 35.2 Å². The highest BCUT2D eigenvalue weighted by molar-refractivity contribution is 6.32. The predicted molar refractivity (Wildman–Crippen MR) is 64.7 cm³/mol. The van der Waals surface area contributed by atoms with Gasteiger partial charge in [0, 0.05) is 0 Å². The molecule has 0 bridgehead atoms. The molecule has 2 N–H and O–H groups in total. The summed E-state index contributed by atoms with van der Waals surface area (Å²) < 4.78 is 5.32. The first-order valence-corrected chi connectivity index (χ1v) is 5.60. The predicted octanol–water partition coefficient (Wildman–Crippen LogP) is 2.94. The van der Waals surface area contributed by atoms with Crippen LogP contribution in [0.5, 0.6) is 5.75 Å². The Bertz CT molecular complexity index is 326. The number of aryl methyl sites for hydroxylation is 2. The lowest BCUT2D eigenvalue weighted by atomic mass is 10.0. The van der Waals surface area contributed by atoms with Crippen molar-refractivity contribution in [1.82, 2.24) is 0 Å². The summed E-state index contributed by atoms with van der Waals surface area (Å²) in [6.07, 6.45) is 3.08. The number of halogens is 1. The summed E-state index contributed by atoms with van der Waals surface area (Å²) in [4.78, 5) is 0. The van der Waals surface area contributed by atoms with E-state index in [0.717, 1.165) is 42.1 Å². The van der Waals surface area contributed by atoms with Crippen LogP contribution in [0.15, 0.2) is 12.1 Å². The van der Waals surface area contributed by atoms with Gasteiger partial charge < -0.3 is 10.5 Å². The molecule has 0 fully saturated rings. The van der Waals surface area contributed by atoms with Crippen LogP contribution in [-0.4, -0.2) is 13.7 Å². The van der Waals surface area contributed by atoms with Gasteiger partial charge in [-0.05, 0) is 43.9 Å². The molecule has 0 amide bonds. The lowest BCUT2D eigenvalue weighted by molar-refractivity contribution is 0.409. The second kappa shape index (κ2) is 5.99. The quantitative estimate of drug-likeness (QED) is 0.785. The molecule has 0 heterocycles. The van der Waals surface area contributed by atoms with Crippen LogP contribution in [0.25, 0.3) is 0 Å². The summed E-state index contributed by atoms with van der Waals surface area (Å²) in [6.45, 7) is 2.72. The number of ether oxygens (including phenoxy) is 1. The van der Waals surface area contributed by atoms with Crippen LogP contribution in [0.4, 0.5) is 0 Å². The van der Waals surface area contributed by atoms with Crippen molar-refractivity contribution < 1.29 is 4.74 Å². The van der Waals surface area contributed by atoms with Crippen LogP contribution in [0.2, 0.25) is 5.02 Å². The third-order valence-electron chi connectivity index (χ3n) is 2.48. The van der Waals surface area contributed by atoms with Gasteiger partial charge in [0.25, 0.3) is 0 Å². The van der Waals surface area contributed by atoms with Crippen LogP contribution < -0.4 is 10.5 Å². The van der Waals surface area contributed by atoms with Crippen molar-refractivity contribution in [2.45, 2.75) is 26.2 Å². The average Bonchev–Trinajstić information content (AvgIpc) is 2.24. The van der Waals surface area contributed by atoms with E-state index >= 15 is 0 Å². The van der Waals surface area contributed by atoms with E-state index < -0.39 is 0 Å². The van der Waals surface area contributed by atoms with E-state index in [4.69, 9.17) is 22.1 Å². The molecule has 1 aromatic rings. The zero-order valence-corrected chi connectivity index (χ0v) is 10.1. The van der Waals surface area contributed by atoms with Crippen molar-refractivity contribution in [2.24, 2.45) is 5.73 Å². The number of methoxy groups -OCH3 is 1. The van der Waals surface area contributed by atoms with Gasteiger partial charge in [-0.25, -0.2) is 0 Å². The molecule has 0 aliphatic heterocycles. The Kier molecular flexibility index (Phi) is 4.92. The molecule has 1 rings (SSSR count). The fourth-order valence-electron chi connectivity index (χ4n) is 1.57. The number of hydrogen-bond acceptors (Lipinski definition) is 2. The Hall–Kier alpha value is -0.730. The number of hydrogen-bond donors (Lipinski definition) is 1. The molecule has 1 aromatic carbocycles. The van der Waals surface area contributed by atoms with Gasteiger partial charge in [-0.3, -0.25) is 0 Å². The minimum Gasteiger partial charge on any atom is -0.495 e. The summed E-state index contributed by atoms with van der Waals surface area (Å²) >= 11 is 6.16. The standard InChI is InChI=1S/C12H18ClNO/c1-9-6-7-10(5-3-4-8-14)12(15-2)11(9)13/h6-7H,3-5,8,14H2,1-2H3. The third kappa shape index (κ3) is 3.11. The van der Waals surface area contributed by atoms with Crippen molar-refractivity contribution in [3.63, 3.8) is 0 Å². The Labute approximate surface area is 96.4 Å². The van der Waals surface area contributed by atoms with Crippen molar-refractivity contribution >= 4 is 11.6 Å². The summed E-state index contributed by atoms with van der Waals surface area (Å²) in [7, 11) is 1.66. The van der Waals surface area contributed by atoms with Gasteiger partial charge in [-0.1, -0.05) is 23.7 Å². The molecule has 0 saturated carbocycles. The highest BCUT2D eigenvalue weighted by Crippen LogP contribution is 2.32. The number of benzene rings is 1. The lowest BCUT2D eigenvalue weighted by Crippen LogP contribution is -2.00. The van der Waals surface area contributed by atoms with Crippen molar-refractivity contribution in [3.8, 4) is 5.75 Å². The van der Waals surface area contributed by atoms with Crippen LogP contribution in [0.1, 0.15) is 24.0 Å². The van der Waals surface area contributed by atoms with E-state index in [0.29, 0.717) is 0 Å². The molecule has 0 spiro atoms. The van der Waals surface area contributed by atoms with E-state index in [1.54, 1.807) is 7.11 Å². The summed E-state index contributed by atoms with van der Waals surface area (Å²) in [5, 5.41) is 0.725. The minimum absolute atomic E-state index is 0.725. The normalized spacial score (nSPS) is 10.4.